The molecule has 0 radical (unpaired) electrons. The number of nitrogens with zero attached hydrogens (tertiary/aromatic N) is 3. The van der Waals surface area contributed by atoms with Crippen molar-refractivity contribution in [3.63, 3.8) is 0 Å². The molecule has 0 fully saturated rings. The number of hydrogen-bond acceptors (Lipinski definition) is 4. The highest BCUT2D eigenvalue weighted by Crippen LogP contribution is 2.29. The molecule has 0 aliphatic rings. The molecule has 2 aromatic carbocycles. The summed E-state index contributed by atoms with van der Waals surface area (Å²) in [4.78, 5) is 0. The van der Waals surface area contributed by atoms with E-state index in [1.54, 1.807) is 11.8 Å². The normalized spacial score (nSPS) is 11.2. The average Bonchev–Trinajstić information content (AvgIpc) is 3.02. The Morgan fingerprint density at radius 2 is 1.78 bits per heavy atom. The van der Waals surface area contributed by atoms with Crippen LogP contribution in [0.15, 0.2) is 47.6 Å². The lowest BCUT2D eigenvalue weighted by atomic mass is 10.2. The smallest absolute Gasteiger partial charge is 0.191 e. The van der Waals surface area contributed by atoms with Crippen LogP contribution in [-0.2, 0) is 12.8 Å². The van der Waals surface area contributed by atoms with Crippen molar-refractivity contribution < 1.29 is 4.74 Å². The van der Waals surface area contributed by atoms with Gasteiger partial charge in [0.2, 0.25) is 0 Å². The number of benzene rings is 2. The fourth-order valence-corrected chi connectivity index (χ4v) is 3.61. The Labute approximate surface area is 173 Å². The molecule has 0 atom stereocenters. The first-order valence-electron chi connectivity index (χ1n) is 8.63. The van der Waals surface area contributed by atoms with Crippen molar-refractivity contribution >= 4 is 35.0 Å². The molecule has 0 amide bonds. The Balaban J connectivity index is 1.68. The van der Waals surface area contributed by atoms with Crippen molar-refractivity contribution in [2.45, 2.75) is 24.8 Å². The Bertz CT molecular complexity index is 910. The van der Waals surface area contributed by atoms with Gasteiger partial charge < -0.3 is 9.30 Å². The van der Waals surface area contributed by atoms with E-state index in [2.05, 4.69) is 24.0 Å². The maximum Gasteiger partial charge on any atom is 0.191 e. The van der Waals surface area contributed by atoms with Gasteiger partial charge in [0.1, 0.15) is 5.75 Å². The second kappa shape index (κ2) is 9.00. The van der Waals surface area contributed by atoms with Gasteiger partial charge in [-0.25, -0.2) is 0 Å². The second-order valence-electron chi connectivity index (χ2n) is 6.63. The predicted molar refractivity (Wildman–Crippen MR) is 113 cm³/mol. The highest BCUT2D eigenvalue weighted by molar-refractivity contribution is 7.98. The minimum Gasteiger partial charge on any atom is -0.493 e. The first kappa shape index (κ1) is 20.1. The summed E-state index contributed by atoms with van der Waals surface area (Å²) in [5.74, 6) is 2.93. The van der Waals surface area contributed by atoms with Gasteiger partial charge in [-0.2, -0.15) is 0 Å². The summed E-state index contributed by atoms with van der Waals surface area (Å²) in [6, 6.07) is 13.6. The monoisotopic (exact) mass is 421 g/mol. The topological polar surface area (TPSA) is 39.9 Å². The van der Waals surface area contributed by atoms with E-state index in [-0.39, 0.29) is 0 Å². The number of hydrogen-bond donors (Lipinski definition) is 0. The number of rotatable bonds is 7. The lowest BCUT2D eigenvalue weighted by Gasteiger charge is -2.09. The highest BCUT2D eigenvalue weighted by Gasteiger charge is 2.12. The van der Waals surface area contributed by atoms with Gasteiger partial charge in [-0.1, -0.05) is 54.9 Å². The van der Waals surface area contributed by atoms with Crippen molar-refractivity contribution in [1.29, 1.82) is 0 Å². The Hall–Kier alpha value is -1.69. The third-order valence-corrected chi connectivity index (χ3v) is 5.71. The molecular weight excluding hydrogens is 401 g/mol. The highest BCUT2D eigenvalue weighted by atomic mass is 35.5. The third kappa shape index (κ3) is 5.18. The van der Waals surface area contributed by atoms with Crippen LogP contribution in [-0.4, -0.2) is 21.4 Å². The molecule has 7 heteroatoms. The van der Waals surface area contributed by atoms with Crippen molar-refractivity contribution in [3.8, 4) is 17.1 Å². The summed E-state index contributed by atoms with van der Waals surface area (Å²) >= 11 is 13.7. The molecule has 3 rings (SSSR count). The molecular formula is C20H21Cl2N3OS. The minimum absolute atomic E-state index is 0.499. The summed E-state index contributed by atoms with van der Waals surface area (Å²) in [5, 5.41) is 10.6. The fraction of sp³-hybridized carbons (Fsp3) is 0.300. The molecule has 0 unspecified atom stereocenters. The first-order chi connectivity index (χ1) is 12.9. The van der Waals surface area contributed by atoms with Gasteiger partial charge in [0.15, 0.2) is 11.0 Å². The summed E-state index contributed by atoms with van der Waals surface area (Å²) in [5.41, 5.74) is 2.09. The molecule has 27 heavy (non-hydrogen) atoms. The molecule has 0 bridgehead atoms. The van der Waals surface area contributed by atoms with Crippen LogP contribution in [0.4, 0.5) is 0 Å². The van der Waals surface area contributed by atoms with E-state index in [0.717, 1.165) is 33.6 Å². The van der Waals surface area contributed by atoms with Crippen molar-refractivity contribution in [1.82, 2.24) is 14.8 Å². The molecule has 142 valence electrons. The summed E-state index contributed by atoms with van der Waals surface area (Å²) < 4.78 is 7.72. The van der Waals surface area contributed by atoms with E-state index >= 15 is 0 Å². The number of ether oxygens (including phenoxy) is 1. The van der Waals surface area contributed by atoms with Crippen LogP contribution in [0.25, 0.3) is 11.4 Å². The minimum atomic E-state index is 0.499. The van der Waals surface area contributed by atoms with Crippen LogP contribution < -0.4 is 4.74 Å². The standard InChI is InChI=1S/C20H21Cl2N3OS/c1-13(2)11-26-16-7-5-15(6-8-16)19-23-24-20(25(19)3)27-12-14-4-9-17(21)18(22)10-14/h4-10,13H,11-12H2,1-3H3. The van der Waals surface area contributed by atoms with Crippen LogP contribution in [0, 0.1) is 5.92 Å². The van der Waals surface area contributed by atoms with E-state index in [4.69, 9.17) is 27.9 Å². The van der Waals surface area contributed by atoms with Gasteiger partial charge in [0.05, 0.1) is 16.7 Å². The van der Waals surface area contributed by atoms with Crippen LogP contribution >= 0.6 is 35.0 Å². The second-order valence-corrected chi connectivity index (χ2v) is 8.39. The number of aromatic nitrogens is 3. The zero-order valence-electron chi connectivity index (χ0n) is 15.4. The summed E-state index contributed by atoms with van der Waals surface area (Å²) in [7, 11) is 1.97. The molecule has 0 spiro atoms. The van der Waals surface area contributed by atoms with Gasteiger partial charge in [-0.3, -0.25) is 0 Å². The molecule has 3 aromatic rings. The SMILES string of the molecule is CC(C)COc1ccc(-c2nnc(SCc3ccc(Cl)c(Cl)c3)n2C)cc1. The van der Waals surface area contributed by atoms with Crippen molar-refractivity contribution in [3.05, 3.63) is 58.1 Å². The van der Waals surface area contributed by atoms with Crippen LogP contribution in [0.3, 0.4) is 0 Å². The van der Waals surface area contributed by atoms with E-state index in [1.165, 1.54) is 0 Å². The van der Waals surface area contributed by atoms with E-state index in [1.807, 2.05) is 54.1 Å². The van der Waals surface area contributed by atoms with Gasteiger partial charge in [-0.15, -0.1) is 10.2 Å². The van der Waals surface area contributed by atoms with Crippen LogP contribution in [0.2, 0.25) is 10.0 Å². The quantitative estimate of drug-likeness (QED) is 0.431. The Morgan fingerprint density at radius 3 is 2.44 bits per heavy atom. The maximum atomic E-state index is 6.08. The molecule has 0 aliphatic carbocycles. The van der Waals surface area contributed by atoms with Crippen LogP contribution in [0.5, 0.6) is 5.75 Å². The fourth-order valence-electron chi connectivity index (χ4n) is 2.43. The van der Waals surface area contributed by atoms with Crippen LogP contribution in [0.1, 0.15) is 19.4 Å². The van der Waals surface area contributed by atoms with Gasteiger partial charge in [-0.05, 0) is 47.9 Å². The number of thioether (sulfide) groups is 1. The third-order valence-electron chi connectivity index (χ3n) is 3.88. The summed E-state index contributed by atoms with van der Waals surface area (Å²) in [6.45, 7) is 4.97. The molecule has 0 N–H and O–H groups in total. The average molecular weight is 422 g/mol. The van der Waals surface area contributed by atoms with Gasteiger partial charge in [0.25, 0.3) is 0 Å². The number of halogens is 2. The molecule has 0 saturated carbocycles. The molecule has 1 aromatic heterocycles. The van der Waals surface area contributed by atoms with Crippen molar-refractivity contribution in [2.24, 2.45) is 13.0 Å². The van der Waals surface area contributed by atoms with E-state index in [0.29, 0.717) is 22.6 Å². The largest absolute Gasteiger partial charge is 0.493 e. The van der Waals surface area contributed by atoms with E-state index < -0.39 is 0 Å². The zero-order valence-corrected chi connectivity index (χ0v) is 17.8. The lowest BCUT2D eigenvalue weighted by molar-refractivity contribution is 0.271. The summed E-state index contributed by atoms with van der Waals surface area (Å²) in [6.07, 6.45) is 0. The lowest BCUT2D eigenvalue weighted by Crippen LogP contribution is -2.04. The Kier molecular flexibility index (Phi) is 6.68. The van der Waals surface area contributed by atoms with E-state index in [9.17, 15) is 0 Å². The maximum absolute atomic E-state index is 6.08. The molecule has 0 aliphatic heterocycles. The molecule has 0 saturated heterocycles. The predicted octanol–water partition coefficient (Wildman–Crippen LogP) is 6.12. The van der Waals surface area contributed by atoms with Crippen molar-refractivity contribution in [2.75, 3.05) is 6.61 Å². The Morgan fingerprint density at radius 1 is 1.04 bits per heavy atom. The molecule has 4 nitrogen and oxygen atoms in total. The van der Waals surface area contributed by atoms with Gasteiger partial charge in [0, 0.05) is 18.4 Å². The molecule has 1 heterocycles. The first-order valence-corrected chi connectivity index (χ1v) is 10.4. The van der Waals surface area contributed by atoms with Gasteiger partial charge >= 0.3 is 0 Å². The zero-order chi connectivity index (χ0) is 19.4.